The van der Waals surface area contributed by atoms with Crippen molar-refractivity contribution < 1.29 is 9.59 Å². The van der Waals surface area contributed by atoms with Crippen LogP contribution >= 0.6 is 0 Å². The highest BCUT2D eigenvalue weighted by Gasteiger charge is 2.67. The summed E-state index contributed by atoms with van der Waals surface area (Å²) in [4.78, 5) is 29.3. The maximum atomic E-state index is 13.7. The van der Waals surface area contributed by atoms with Crippen LogP contribution in [0.25, 0.3) is 0 Å². The molecule has 0 unspecified atom stereocenters. The first kappa shape index (κ1) is 21.4. The van der Waals surface area contributed by atoms with Gasteiger partial charge in [-0.25, -0.2) is 0 Å². The minimum absolute atomic E-state index is 0.00741. The molecule has 3 heterocycles. The third kappa shape index (κ3) is 3.77. The average molecular weight is 412 g/mol. The fourth-order valence-corrected chi connectivity index (χ4v) is 6.26. The first-order chi connectivity index (χ1) is 14.3. The maximum Gasteiger partial charge on any atom is 0.246 e. The maximum absolute atomic E-state index is 13.7. The van der Waals surface area contributed by atoms with Crippen molar-refractivity contribution in [3.8, 4) is 0 Å². The first-order valence-corrected chi connectivity index (χ1v) is 11.7. The summed E-state index contributed by atoms with van der Waals surface area (Å²) in [5, 5.41) is 6.41. The number of nitrogens with zero attached hydrogens (tertiary/aromatic N) is 1. The molecule has 5 nitrogen and oxygen atoms in total. The molecule has 1 aliphatic carbocycles. The number of hydrogen-bond acceptors (Lipinski definition) is 3. The summed E-state index contributed by atoms with van der Waals surface area (Å²) in [6.07, 6.45) is 2.84. The molecule has 5 rings (SSSR count). The normalized spacial score (nSPS) is 32.7. The summed E-state index contributed by atoms with van der Waals surface area (Å²) in [6.45, 7) is 11.4. The number of piperidine rings is 2. The molecule has 3 aliphatic heterocycles. The van der Waals surface area contributed by atoms with E-state index in [1.165, 1.54) is 0 Å². The Hall–Kier alpha value is -1.88. The number of benzene rings is 1. The molecule has 5 heteroatoms. The lowest BCUT2D eigenvalue weighted by Crippen LogP contribution is -2.75. The van der Waals surface area contributed by atoms with Crippen molar-refractivity contribution >= 4 is 11.8 Å². The van der Waals surface area contributed by atoms with Gasteiger partial charge in [-0.05, 0) is 36.2 Å². The van der Waals surface area contributed by atoms with Crippen molar-refractivity contribution in [1.29, 1.82) is 0 Å². The molecule has 4 fully saturated rings. The SMILES string of the molecule is CC(C)CC[C@@H]1[C@@H]2[C@@H]3C(=O)N[C@@]1(C(=O)NCc1ccccc1)C[C@@H]3CN2CC(C)C. The van der Waals surface area contributed by atoms with E-state index < -0.39 is 5.54 Å². The highest BCUT2D eigenvalue weighted by atomic mass is 16.2. The molecule has 0 radical (unpaired) electrons. The molecule has 30 heavy (non-hydrogen) atoms. The largest absolute Gasteiger partial charge is 0.350 e. The predicted octanol–water partition coefficient (Wildman–Crippen LogP) is 3.20. The third-order valence-electron chi connectivity index (χ3n) is 7.40. The minimum atomic E-state index is -0.767. The number of hydrogen-bond donors (Lipinski definition) is 2. The molecule has 4 aliphatic rings. The number of likely N-dealkylation sites (tertiary alicyclic amines) is 1. The van der Waals surface area contributed by atoms with E-state index in [1.54, 1.807) is 0 Å². The monoisotopic (exact) mass is 411 g/mol. The van der Waals surface area contributed by atoms with Crippen molar-refractivity contribution in [2.24, 2.45) is 29.6 Å². The van der Waals surface area contributed by atoms with E-state index in [4.69, 9.17) is 0 Å². The Labute approximate surface area is 181 Å². The molecule has 1 aromatic carbocycles. The van der Waals surface area contributed by atoms with Crippen molar-refractivity contribution in [3.05, 3.63) is 35.9 Å². The molecule has 1 aromatic rings. The van der Waals surface area contributed by atoms with Crippen LogP contribution < -0.4 is 10.6 Å². The molecule has 0 aromatic heterocycles. The van der Waals surface area contributed by atoms with E-state index in [9.17, 15) is 9.59 Å². The Morgan fingerprint density at radius 1 is 1.20 bits per heavy atom. The second-order valence-corrected chi connectivity index (χ2v) is 10.5. The van der Waals surface area contributed by atoms with Gasteiger partial charge in [0.15, 0.2) is 0 Å². The van der Waals surface area contributed by atoms with Crippen LogP contribution in [0.15, 0.2) is 30.3 Å². The zero-order valence-electron chi connectivity index (χ0n) is 18.9. The van der Waals surface area contributed by atoms with Gasteiger partial charge < -0.3 is 10.6 Å². The van der Waals surface area contributed by atoms with E-state index in [0.29, 0.717) is 24.3 Å². The lowest BCUT2D eigenvalue weighted by Gasteiger charge is -2.55. The highest BCUT2D eigenvalue weighted by molar-refractivity contribution is 5.96. The van der Waals surface area contributed by atoms with Crippen LogP contribution in [0, 0.1) is 29.6 Å². The summed E-state index contributed by atoms with van der Waals surface area (Å²) in [6, 6.07) is 10.2. The van der Waals surface area contributed by atoms with Gasteiger partial charge in [0.1, 0.15) is 5.54 Å². The number of carbonyl (C=O) groups is 2. The van der Waals surface area contributed by atoms with E-state index in [2.05, 4.69) is 43.2 Å². The van der Waals surface area contributed by atoms with Gasteiger partial charge in [0, 0.05) is 31.6 Å². The number of rotatable bonds is 8. The Morgan fingerprint density at radius 2 is 1.93 bits per heavy atom. The molecule has 0 spiro atoms. The fraction of sp³-hybridized carbons (Fsp3) is 0.680. The number of amides is 2. The summed E-state index contributed by atoms with van der Waals surface area (Å²) in [5.41, 5.74) is 0.317. The van der Waals surface area contributed by atoms with Crippen LogP contribution in [0.3, 0.4) is 0 Å². The Balaban J connectivity index is 1.61. The summed E-state index contributed by atoms with van der Waals surface area (Å²) >= 11 is 0. The minimum Gasteiger partial charge on any atom is -0.350 e. The molecule has 3 saturated heterocycles. The van der Waals surface area contributed by atoms with Gasteiger partial charge in [0.2, 0.25) is 11.8 Å². The van der Waals surface area contributed by atoms with Gasteiger partial charge >= 0.3 is 0 Å². The topological polar surface area (TPSA) is 61.4 Å². The quantitative estimate of drug-likeness (QED) is 0.691. The van der Waals surface area contributed by atoms with E-state index in [0.717, 1.165) is 37.9 Å². The molecule has 164 valence electrons. The Kier molecular flexibility index (Phi) is 5.93. The van der Waals surface area contributed by atoms with Crippen molar-refractivity contribution in [1.82, 2.24) is 15.5 Å². The highest BCUT2D eigenvalue weighted by Crippen LogP contribution is 2.54. The zero-order valence-corrected chi connectivity index (χ0v) is 18.9. The van der Waals surface area contributed by atoms with Crippen molar-refractivity contribution in [2.45, 2.75) is 65.1 Å². The molecule has 1 saturated carbocycles. The van der Waals surface area contributed by atoms with Crippen molar-refractivity contribution in [3.63, 3.8) is 0 Å². The van der Waals surface area contributed by atoms with Gasteiger partial charge in [0.05, 0.1) is 5.92 Å². The first-order valence-electron chi connectivity index (χ1n) is 11.7. The number of carbonyl (C=O) groups excluding carboxylic acids is 2. The molecule has 5 atom stereocenters. The summed E-state index contributed by atoms with van der Waals surface area (Å²) in [7, 11) is 0. The molecule has 2 amide bonds. The molecule has 2 N–H and O–H groups in total. The van der Waals surface area contributed by atoms with Gasteiger partial charge in [-0.15, -0.1) is 0 Å². The lowest BCUT2D eigenvalue weighted by molar-refractivity contribution is -0.155. The van der Waals surface area contributed by atoms with E-state index in [1.807, 2.05) is 30.3 Å². The number of nitrogens with one attached hydrogen (secondary N) is 2. The molecular weight excluding hydrogens is 374 g/mol. The predicted molar refractivity (Wildman–Crippen MR) is 119 cm³/mol. The second-order valence-electron chi connectivity index (χ2n) is 10.5. The van der Waals surface area contributed by atoms with Crippen LogP contribution in [0.2, 0.25) is 0 Å². The summed E-state index contributed by atoms with van der Waals surface area (Å²) < 4.78 is 0. The van der Waals surface area contributed by atoms with Crippen LogP contribution in [0.4, 0.5) is 0 Å². The third-order valence-corrected chi connectivity index (χ3v) is 7.40. The van der Waals surface area contributed by atoms with Crippen LogP contribution in [-0.2, 0) is 16.1 Å². The van der Waals surface area contributed by atoms with E-state index >= 15 is 0 Å². The van der Waals surface area contributed by atoms with Crippen LogP contribution in [0.5, 0.6) is 0 Å². The Bertz CT molecular complexity index is 778. The lowest BCUT2D eigenvalue weighted by atomic mass is 9.57. The fourth-order valence-electron chi connectivity index (χ4n) is 6.26. The smallest absolute Gasteiger partial charge is 0.246 e. The number of fused-ring (bicyclic) bond motifs is 1. The van der Waals surface area contributed by atoms with Gasteiger partial charge in [-0.2, -0.15) is 0 Å². The van der Waals surface area contributed by atoms with Crippen molar-refractivity contribution in [2.75, 3.05) is 13.1 Å². The summed E-state index contributed by atoms with van der Waals surface area (Å²) in [5.74, 6) is 1.76. The van der Waals surface area contributed by atoms with Gasteiger partial charge in [-0.3, -0.25) is 14.5 Å². The second kappa shape index (κ2) is 8.33. The van der Waals surface area contributed by atoms with Gasteiger partial charge in [0.25, 0.3) is 0 Å². The van der Waals surface area contributed by atoms with Crippen LogP contribution in [-0.4, -0.2) is 41.4 Å². The van der Waals surface area contributed by atoms with E-state index in [-0.39, 0.29) is 29.7 Å². The zero-order chi connectivity index (χ0) is 21.5. The molecular formula is C25H37N3O2. The van der Waals surface area contributed by atoms with Crippen LogP contribution in [0.1, 0.15) is 52.5 Å². The molecule has 4 bridgehead atoms. The average Bonchev–Trinajstić information content (AvgIpc) is 2.99. The standard InChI is InChI=1S/C25H37N3O2/c1-16(2)10-11-20-22-21-19(15-28(22)14-17(3)4)12-25(20,27-23(21)29)24(30)26-13-18-8-6-5-7-9-18/h5-9,16-17,19-22H,10-15H2,1-4H3,(H,26,30)(H,27,29)/t19-,20-,21-,22-,25+/m1/s1. The Morgan fingerprint density at radius 3 is 2.60 bits per heavy atom. The van der Waals surface area contributed by atoms with Gasteiger partial charge in [-0.1, -0.05) is 64.4 Å².